The molecule has 0 aliphatic rings. The van der Waals surface area contributed by atoms with E-state index in [1.165, 1.54) is 0 Å². The zero-order chi connectivity index (χ0) is 12.8. The van der Waals surface area contributed by atoms with E-state index < -0.39 is 0 Å². The Kier molecular flexibility index (Phi) is 4.90. The smallest absolute Gasteiger partial charge is 0.257 e. The van der Waals surface area contributed by atoms with Crippen molar-refractivity contribution in [2.45, 2.75) is 13.0 Å². The van der Waals surface area contributed by atoms with Crippen LogP contribution in [-0.2, 0) is 4.74 Å². The van der Waals surface area contributed by atoms with E-state index in [2.05, 4.69) is 10.3 Å². The molecule has 0 saturated heterocycles. The minimum absolute atomic E-state index is 0.0254. The Morgan fingerprint density at radius 1 is 1.65 bits per heavy atom. The fourth-order valence-electron chi connectivity index (χ4n) is 1.53. The molecule has 5 nitrogen and oxygen atoms in total. The molecule has 17 heavy (non-hydrogen) atoms. The average Bonchev–Trinajstić information content (AvgIpc) is 2.37. The van der Waals surface area contributed by atoms with E-state index in [4.69, 9.17) is 4.74 Å². The first-order chi connectivity index (χ1) is 8.11. The highest BCUT2D eigenvalue weighted by atomic mass is 16.5. The second-order valence-electron chi connectivity index (χ2n) is 3.89. The lowest BCUT2D eigenvalue weighted by atomic mass is 10.2. The van der Waals surface area contributed by atoms with Gasteiger partial charge in [-0.05, 0) is 13.0 Å². The first-order valence-corrected chi connectivity index (χ1v) is 5.49. The average molecular weight is 237 g/mol. The third kappa shape index (κ3) is 3.17. The molecule has 0 aromatic carbocycles. The summed E-state index contributed by atoms with van der Waals surface area (Å²) in [6.07, 6.45) is 3.23. The lowest BCUT2D eigenvalue weighted by molar-refractivity contribution is 0.0634. The van der Waals surface area contributed by atoms with Gasteiger partial charge in [-0.2, -0.15) is 0 Å². The second-order valence-corrected chi connectivity index (χ2v) is 3.89. The summed E-state index contributed by atoms with van der Waals surface area (Å²) in [5.41, 5.74) is 1.35. The van der Waals surface area contributed by atoms with E-state index in [0.717, 1.165) is 5.69 Å². The summed E-state index contributed by atoms with van der Waals surface area (Å²) in [7, 11) is 5.17. The summed E-state index contributed by atoms with van der Waals surface area (Å²) < 4.78 is 5.04. The number of amides is 1. The maximum absolute atomic E-state index is 12.2. The molecule has 1 N–H and O–H groups in total. The molecule has 94 valence electrons. The number of nitrogens with one attached hydrogen (secondary N) is 1. The van der Waals surface area contributed by atoms with Crippen LogP contribution in [0.1, 0.15) is 17.3 Å². The highest BCUT2D eigenvalue weighted by molar-refractivity contribution is 5.99. The molecule has 5 heteroatoms. The number of ether oxygens (including phenoxy) is 1. The molecule has 0 fully saturated rings. The van der Waals surface area contributed by atoms with Crippen LogP contribution < -0.4 is 5.32 Å². The van der Waals surface area contributed by atoms with Gasteiger partial charge in [0.25, 0.3) is 5.91 Å². The van der Waals surface area contributed by atoms with E-state index in [1.54, 1.807) is 44.6 Å². The molecule has 1 amide bonds. The Balaban J connectivity index is 2.88. The van der Waals surface area contributed by atoms with E-state index in [9.17, 15) is 4.79 Å². The van der Waals surface area contributed by atoms with Crippen LogP contribution in [0.2, 0.25) is 0 Å². The monoisotopic (exact) mass is 237 g/mol. The number of aromatic nitrogens is 1. The summed E-state index contributed by atoms with van der Waals surface area (Å²) in [4.78, 5) is 17.9. The predicted molar refractivity (Wildman–Crippen MR) is 67.2 cm³/mol. The van der Waals surface area contributed by atoms with Crippen molar-refractivity contribution in [2.75, 3.05) is 33.1 Å². The highest BCUT2D eigenvalue weighted by Crippen LogP contribution is 2.15. The van der Waals surface area contributed by atoms with E-state index >= 15 is 0 Å². The van der Waals surface area contributed by atoms with Crippen molar-refractivity contribution < 1.29 is 9.53 Å². The zero-order valence-corrected chi connectivity index (χ0v) is 10.7. The molecule has 1 unspecified atom stereocenters. The van der Waals surface area contributed by atoms with Crippen molar-refractivity contribution in [3.05, 3.63) is 24.0 Å². The molecule has 1 aromatic heterocycles. The number of likely N-dealkylation sites (N-methyl/N-ethyl adjacent to an activating group) is 1. The molecule has 1 aromatic rings. The van der Waals surface area contributed by atoms with Crippen molar-refractivity contribution in [1.29, 1.82) is 0 Å². The van der Waals surface area contributed by atoms with Gasteiger partial charge in [0.15, 0.2) is 0 Å². The number of methoxy groups -OCH3 is 1. The summed E-state index contributed by atoms with van der Waals surface area (Å²) in [6.45, 7) is 2.45. The molecule has 1 heterocycles. The van der Waals surface area contributed by atoms with Gasteiger partial charge in [0, 0.05) is 39.3 Å². The Bertz CT molecular complexity index is 382. The third-order valence-electron chi connectivity index (χ3n) is 2.71. The first kappa shape index (κ1) is 13.4. The third-order valence-corrected chi connectivity index (χ3v) is 2.71. The van der Waals surface area contributed by atoms with Crippen LogP contribution in [-0.4, -0.2) is 49.6 Å². The van der Waals surface area contributed by atoms with Crippen LogP contribution in [0.3, 0.4) is 0 Å². The molecule has 0 bridgehead atoms. The quantitative estimate of drug-likeness (QED) is 0.837. The number of rotatable bonds is 5. The Labute approximate surface area is 102 Å². The molecule has 0 saturated carbocycles. The van der Waals surface area contributed by atoms with Gasteiger partial charge in [-0.1, -0.05) is 0 Å². The molecular formula is C12H19N3O2. The highest BCUT2D eigenvalue weighted by Gasteiger charge is 2.19. The molecule has 1 rings (SSSR count). The van der Waals surface area contributed by atoms with Gasteiger partial charge in [0.1, 0.15) is 0 Å². The maximum Gasteiger partial charge on any atom is 0.257 e. The zero-order valence-electron chi connectivity index (χ0n) is 10.7. The number of hydrogen-bond acceptors (Lipinski definition) is 4. The molecule has 1 atom stereocenters. The molecule has 0 radical (unpaired) electrons. The van der Waals surface area contributed by atoms with Crippen molar-refractivity contribution in [2.24, 2.45) is 0 Å². The lowest BCUT2D eigenvalue weighted by Gasteiger charge is -2.25. The number of carbonyl (C=O) groups is 1. The van der Waals surface area contributed by atoms with Gasteiger partial charge in [0.2, 0.25) is 0 Å². The molecular weight excluding hydrogens is 218 g/mol. The molecule has 0 spiro atoms. The Morgan fingerprint density at radius 2 is 2.35 bits per heavy atom. The normalized spacial score (nSPS) is 12.0. The van der Waals surface area contributed by atoms with Crippen molar-refractivity contribution >= 4 is 11.6 Å². The van der Waals surface area contributed by atoms with E-state index in [1.807, 2.05) is 6.92 Å². The number of nitrogens with zero attached hydrogens (tertiary/aromatic N) is 2. The second kappa shape index (κ2) is 6.20. The molecule has 0 aliphatic heterocycles. The number of anilines is 1. The number of pyridine rings is 1. The fraction of sp³-hybridized carbons (Fsp3) is 0.500. The number of carbonyl (C=O) groups excluding carboxylic acids is 1. The Morgan fingerprint density at radius 3 is 2.94 bits per heavy atom. The van der Waals surface area contributed by atoms with Crippen LogP contribution in [0.4, 0.5) is 5.69 Å². The van der Waals surface area contributed by atoms with Gasteiger partial charge < -0.3 is 15.0 Å². The fourth-order valence-corrected chi connectivity index (χ4v) is 1.53. The summed E-state index contributed by atoms with van der Waals surface area (Å²) in [6, 6.07) is 1.81. The van der Waals surface area contributed by atoms with Gasteiger partial charge >= 0.3 is 0 Å². The Hall–Kier alpha value is -1.62. The predicted octanol–water partition coefficient (Wildman–Crippen LogP) is 1.23. The lowest BCUT2D eigenvalue weighted by Crippen LogP contribution is -2.38. The summed E-state index contributed by atoms with van der Waals surface area (Å²) in [5.74, 6) is -0.0630. The molecule has 0 aliphatic carbocycles. The van der Waals surface area contributed by atoms with Crippen molar-refractivity contribution in [1.82, 2.24) is 9.88 Å². The van der Waals surface area contributed by atoms with E-state index in [0.29, 0.717) is 12.2 Å². The van der Waals surface area contributed by atoms with Gasteiger partial charge in [-0.3, -0.25) is 9.78 Å². The van der Waals surface area contributed by atoms with Gasteiger partial charge in [-0.15, -0.1) is 0 Å². The number of hydrogen-bond donors (Lipinski definition) is 1. The van der Waals surface area contributed by atoms with Crippen molar-refractivity contribution in [3.8, 4) is 0 Å². The topological polar surface area (TPSA) is 54.5 Å². The summed E-state index contributed by atoms with van der Waals surface area (Å²) in [5, 5.41) is 2.98. The van der Waals surface area contributed by atoms with Crippen LogP contribution in [0.25, 0.3) is 0 Å². The first-order valence-electron chi connectivity index (χ1n) is 5.49. The van der Waals surface area contributed by atoms with Gasteiger partial charge in [-0.25, -0.2) is 0 Å². The van der Waals surface area contributed by atoms with Crippen LogP contribution in [0.15, 0.2) is 18.5 Å². The minimum atomic E-state index is -0.0630. The van der Waals surface area contributed by atoms with Crippen LogP contribution in [0.5, 0.6) is 0 Å². The maximum atomic E-state index is 12.2. The SMILES string of the molecule is CNc1ccncc1C(=O)N(C)C(C)COC. The minimum Gasteiger partial charge on any atom is -0.387 e. The summed E-state index contributed by atoms with van der Waals surface area (Å²) >= 11 is 0. The van der Waals surface area contributed by atoms with Crippen molar-refractivity contribution in [3.63, 3.8) is 0 Å². The van der Waals surface area contributed by atoms with Gasteiger partial charge in [0.05, 0.1) is 18.2 Å². The van der Waals surface area contributed by atoms with E-state index in [-0.39, 0.29) is 11.9 Å². The van der Waals surface area contributed by atoms with Crippen LogP contribution >= 0.6 is 0 Å². The van der Waals surface area contributed by atoms with Crippen LogP contribution in [0, 0.1) is 0 Å². The largest absolute Gasteiger partial charge is 0.387 e. The standard InChI is InChI=1S/C12H19N3O2/c1-9(8-17-4)15(3)12(16)10-7-14-6-5-11(10)13-2/h5-7,9H,8H2,1-4H3,(H,13,14).